The zero-order valence-corrected chi connectivity index (χ0v) is 10.1. The van der Waals surface area contributed by atoms with Crippen LogP contribution in [0.4, 0.5) is 0 Å². The molecule has 0 aliphatic heterocycles. The summed E-state index contributed by atoms with van der Waals surface area (Å²) < 4.78 is 27.4. The van der Waals surface area contributed by atoms with Crippen LogP contribution in [0.3, 0.4) is 0 Å². The van der Waals surface area contributed by atoms with Gasteiger partial charge in [-0.25, -0.2) is 8.42 Å². The van der Waals surface area contributed by atoms with Crippen LogP contribution in [0.1, 0.15) is 34.6 Å². The summed E-state index contributed by atoms with van der Waals surface area (Å²) in [5.41, 5.74) is 0. The van der Waals surface area contributed by atoms with E-state index >= 15 is 0 Å². The quantitative estimate of drug-likeness (QED) is 0.672. The largest absolute Gasteiger partial charge is 0.465 e. The Labute approximate surface area is 85.6 Å². The molecule has 0 spiro atoms. The lowest BCUT2D eigenvalue weighted by molar-refractivity contribution is -0.140. The Hall–Kier alpha value is -0.580. The van der Waals surface area contributed by atoms with E-state index in [-0.39, 0.29) is 6.61 Å². The molecule has 4 nitrogen and oxygen atoms in total. The van der Waals surface area contributed by atoms with Gasteiger partial charge in [-0.1, -0.05) is 0 Å². The monoisotopic (exact) mass is 222 g/mol. The molecule has 0 saturated carbocycles. The number of carbonyl (C=O) groups is 1. The molecule has 0 aromatic heterocycles. The van der Waals surface area contributed by atoms with E-state index in [0.717, 1.165) is 0 Å². The Morgan fingerprint density at radius 3 is 2.07 bits per heavy atom. The molecule has 0 aromatic carbocycles. The summed E-state index contributed by atoms with van der Waals surface area (Å²) in [6, 6.07) is 0. The summed E-state index contributed by atoms with van der Waals surface area (Å²) in [6.45, 7) is 7.63. The molecule has 0 unspecified atom stereocenters. The van der Waals surface area contributed by atoms with Gasteiger partial charge in [0.15, 0.2) is 9.84 Å². The van der Waals surface area contributed by atoms with Crippen molar-refractivity contribution >= 4 is 15.8 Å². The Morgan fingerprint density at radius 2 is 1.79 bits per heavy atom. The molecular formula is C9H18O4S. The smallest absolute Gasteiger partial charge is 0.302 e. The molecule has 0 heterocycles. The predicted molar refractivity (Wildman–Crippen MR) is 54.8 cm³/mol. The number of hydrogen-bond acceptors (Lipinski definition) is 4. The highest BCUT2D eigenvalue weighted by molar-refractivity contribution is 7.93. The highest BCUT2D eigenvalue weighted by Gasteiger charge is 2.34. The first-order chi connectivity index (χ1) is 6.09. The van der Waals surface area contributed by atoms with Gasteiger partial charge in [0, 0.05) is 6.92 Å². The number of ether oxygens (including phenoxy) is 1. The maximum atomic E-state index is 11.8. The van der Waals surface area contributed by atoms with E-state index in [2.05, 4.69) is 4.74 Å². The van der Waals surface area contributed by atoms with Crippen LogP contribution in [-0.4, -0.2) is 31.0 Å². The van der Waals surface area contributed by atoms with Gasteiger partial charge in [-0.05, 0) is 27.7 Å². The van der Waals surface area contributed by atoms with Crippen molar-refractivity contribution in [2.24, 2.45) is 0 Å². The van der Waals surface area contributed by atoms with E-state index in [0.29, 0.717) is 0 Å². The van der Waals surface area contributed by atoms with Gasteiger partial charge in [0.2, 0.25) is 0 Å². The van der Waals surface area contributed by atoms with Gasteiger partial charge in [-0.2, -0.15) is 0 Å². The average Bonchev–Trinajstić information content (AvgIpc) is 1.97. The van der Waals surface area contributed by atoms with Crippen molar-refractivity contribution in [1.82, 2.24) is 0 Å². The molecule has 0 rings (SSSR count). The van der Waals surface area contributed by atoms with E-state index in [9.17, 15) is 13.2 Å². The average molecular weight is 222 g/mol. The van der Waals surface area contributed by atoms with E-state index in [1.807, 2.05) is 0 Å². The van der Waals surface area contributed by atoms with Crippen LogP contribution in [0.2, 0.25) is 0 Å². The predicted octanol–water partition coefficient (Wildman–Crippen LogP) is 1.15. The zero-order valence-electron chi connectivity index (χ0n) is 9.33. The van der Waals surface area contributed by atoms with Crippen molar-refractivity contribution in [3.63, 3.8) is 0 Å². The highest BCUT2D eigenvalue weighted by atomic mass is 32.2. The van der Waals surface area contributed by atoms with E-state index < -0.39 is 25.8 Å². The van der Waals surface area contributed by atoms with E-state index in [4.69, 9.17) is 0 Å². The van der Waals surface area contributed by atoms with Crippen molar-refractivity contribution in [3.8, 4) is 0 Å². The minimum absolute atomic E-state index is 0.0745. The van der Waals surface area contributed by atoms with Crippen LogP contribution in [0.25, 0.3) is 0 Å². The second kappa shape index (κ2) is 4.29. The molecule has 14 heavy (non-hydrogen) atoms. The number of sulfone groups is 1. The Morgan fingerprint density at radius 1 is 1.36 bits per heavy atom. The molecule has 0 saturated heterocycles. The second-order valence-corrected chi connectivity index (χ2v) is 7.39. The standard InChI is InChI=1S/C9H18O4S/c1-7(6-13-8(2)10)14(11,12)9(3,4)5/h7H,6H2,1-5H3/t7-/m0/s1. The Bertz CT molecular complexity index is 297. The van der Waals surface area contributed by atoms with Crippen molar-refractivity contribution in [1.29, 1.82) is 0 Å². The lowest BCUT2D eigenvalue weighted by Gasteiger charge is -2.23. The fraction of sp³-hybridized carbons (Fsp3) is 0.889. The summed E-state index contributed by atoms with van der Waals surface area (Å²) in [5.74, 6) is -0.457. The molecule has 0 N–H and O–H groups in total. The molecule has 1 atom stereocenters. The lowest BCUT2D eigenvalue weighted by Crippen LogP contribution is -2.38. The number of rotatable bonds is 3. The van der Waals surface area contributed by atoms with Gasteiger partial charge in [-0.3, -0.25) is 4.79 Å². The highest BCUT2D eigenvalue weighted by Crippen LogP contribution is 2.20. The first-order valence-corrected chi connectivity index (χ1v) is 6.00. The fourth-order valence-corrected chi connectivity index (χ4v) is 2.38. The number of carbonyl (C=O) groups excluding carboxylic acids is 1. The minimum atomic E-state index is -3.25. The molecule has 0 fully saturated rings. The molecule has 0 amide bonds. The van der Waals surface area contributed by atoms with Crippen LogP contribution in [0.15, 0.2) is 0 Å². The fourth-order valence-electron chi connectivity index (χ4n) is 0.928. The summed E-state index contributed by atoms with van der Waals surface area (Å²) in [6.07, 6.45) is 0. The van der Waals surface area contributed by atoms with Gasteiger partial charge in [0.25, 0.3) is 0 Å². The van der Waals surface area contributed by atoms with Crippen molar-refractivity contribution in [2.75, 3.05) is 6.61 Å². The van der Waals surface area contributed by atoms with Crippen molar-refractivity contribution in [2.45, 2.75) is 44.6 Å². The third kappa shape index (κ3) is 3.29. The zero-order chi connectivity index (χ0) is 11.6. The molecule has 84 valence electrons. The molecule has 0 aliphatic carbocycles. The van der Waals surface area contributed by atoms with E-state index in [1.165, 1.54) is 6.92 Å². The molecule has 5 heteroatoms. The van der Waals surface area contributed by atoms with Crippen LogP contribution in [0.5, 0.6) is 0 Å². The van der Waals surface area contributed by atoms with Gasteiger partial charge in [0.1, 0.15) is 6.61 Å². The number of esters is 1. The maximum Gasteiger partial charge on any atom is 0.302 e. The lowest BCUT2D eigenvalue weighted by atomic mass is 10.3. The van der Waals surface area contributed by atoms with Crippen LogP contribution in [0, 0.1) is 0 Å². The molecular weight excluding hydrogens is 204 g/mol. The van der Waals surface area contributed by atoms with Gasteiger partial charge in [-0.15, -0.1) is 0 Å². The summed E-state index contributed by atoms with van der Waals surface area (Å²) >= 11 is 0. The summed E-state index contributed by atoms with van der Waals surface area (Å²) in [5, 5.41) is -0.661. The third-order valence-electron chi connectivity index (χ3n) is 1.90. The van der Waals surface area contributed by atoms with Gasteiger partial charge >= 0.3 is 5.97 Å². The topological polar surface area (TPSA) is 60.4 Å². The minimum Gasteiger partial charge on any atom is -0.465 e. The summed E-state index contributed by atoms with van der Waals surface area (Å²) in [7, 11) is -3.25. The number of hydrogen-bond donors (Lipinski definition) is 0. The van der Waals surface area contributed by atoms with Gasteiger partial charge < -0.3 is 4.74 Å². The molecule has 0 aromatic rings. The molecule has 0 aliphatic rings. The first-order valence-electron chi connectivity index (χ1n) is 4.46. The second-order valence-electron chi connectivity index (χ2n) is 4.27. The first kappa shape index (κ1) is 13.4. The van der Waals surface area contributed by atoms with Crippen molar-refractivity contribution < 1.29 is 17.9 Å². The SMILES string of the molecule is CC(=O)OC[C@H](C)S(=O)(=O)C(C)(C)C. The normalized spacial score (nSPS) is 14.9. The Balaban J connectivity index is 4.54. The molecule has 0 radical (unpaired) electrons. The van der Waals surface area contributed by atoms with Crippen LogP contribution < -0.4 is 0 Å². The Kier molecular flexibility index (Phi) is 4.12. The molecule has 0 bridgehead atoms. The summed E-state index contributed by atoms with van der Waals surface area (Å²) in [4.78, 5) is 10.5. The van der Waals surface area contributed by atoms with Crippen LogP contribution >= 0.6 is 0 Å². The van der Waals surface area contributed by atoms with Gasteiger partial charge in [0.05, 0.1) is 10.00 Å². The third-order valence-corrected chi connectivity index (χ3v) is 4.81. The van der Waals surface area contributed by atoms with E-state index in [1.54, 1.807) is 27.7 Å². The van der Waals surface area contributed by atoms with Crippen molar-refractivity contribution in [3.05, 3.63) is 0 Å². The maximum absolute atomic E-state index is 11.8. The van der Waals surface area contributed by atoms with Crippen LogP contribution in [-0.2, 0) is 19.4 Å².